The minimum atomic E-state index is -3.22. The van der Waals surface area contributed by atoms with Crippen molar-refractivity contribution >= 4 is 21.8 Å². The first-order chi connectivity index (χ1) is 12.8. The summed E-state index contributed by atoms with van der Waals surface area (Å²) < 4.78 is 38.4. The Morgan fingerprint density at radius 3 is 2.22 bits per heavy atom. The highest BCUT2D eigenvalue weighted by atomic mass is 32.2. The summed E-state index contributed by atoms with van der Waals surface area (Å²) in [6.45, 7) is 3.47. The van der Waals surface area contributed by atoms with Gasteiger partial charge in [0.25, 0.3) is 0 Å². The molecule has 0 bridgehead atoms. The Labute approximate surface area is 158 Å². The molecule has 0 N–H and O–H groups in total. The van der Waals surface area contributed by atoms with Crippen LogP contribution in [0.25, 0.3) is 0 Å². The number of hydrogen-bond acceptors (Lipinski definition) is 4. The van der Waals surface area contributed by atoms with Gasteiger partial charge >= 0.3 is 11.8 Å². The molecular formula is C18H24FN3O4S. The lowest BCUT2D eigenvalue weighted by Crippen LogP contribution is -2.59. The van der Waals surface area contributed by atoms with Crippen molar-refractivity contribution in [2.24, 2.45) is 0 Å². The molecule has 2 aliphatic rings. The van der Waals surface area contributed by atoms with Crippen LogP contribution < -0.4 is 0 Å². The number of nitrogens with zero attached hydrogens (tertiary/aromatic N) is 3. The normalized spacial score (nSPS) is 20.4. The molecule has 2 aliphatic heterocycles. The van der Waals surface area contributed by atoms with Gasteiger partial charge in [0.05, 0.1) is 5.75 Å². The zero-order valence-electron chi connectivity index (χ0n) is 15.3. The van der Waals surface area contributed by atoms with Crippen molar-refractivity contribution in [1.29, 1.82) is 0 Å². The highest BCUT2D eigenvalue weighted by molar-refractivity contribution is 7.89. The van der Waals surface area contributed by atoms with Crippen molar-refractivity contribution in [1.82, 2.24) is 14.1 Å². The maximum Gasteiger partial charge on any atom is 0.312 e. The van der Waals surface area contributed by atoms with E-state index >= 15 is 0 Å². The van der Waals surface area contributed by atoms with Gasteiger partial charge in [0.15, 0.2) is 0 Å². The van der Waals surface area contributed by atoms with Crippen molar-refractivity contribution < 1.29 is 22.4 Å². The molecule has 2 heterocycles. The van der Waals surface area contributed by atoms with Gasteiger partial charge in [0.1, 0.15) is 5.82 Å². The largest absolute Gasteiger partial charge is 0.330 e. The first kappa shape index (κ1) is 19.8. The molecule has 0 saturated carbocycles. The minimum absolute atomic E-state index is 0.0666. The topological polar surface area (TPSA) is 78.0 Å². The summed E-state index contributed by atoms with van der Waals surface area (Å²) in [6, 6.07) is 5.75. The molecule has 0 aliphatic carbocycles. The smallest absolute Gasteiger partial charge is 0.312 e. The van der Waals surface area contributed by atoms with Gasteiger partial charge < -0.3 is 9.80 Å². The second-order valence-corrected chi connectivity index (χ2v) is 9.14. The van der Waals surface area contributed by atoms with E-state index in [-0.39, 0.29) is 24.2 Å². The second-order valence-electron chi connectivity index (χ2n) is 6.88. The Kier molecular flexibility index (Phi) is 5.81. The molecular weight excluding hydrogens is 373 g/mol. The number of rotatable bonds is 5. The molecule has 2 fully saturated rings. The summed E-state index contributed by atoms with van der Waals surface area (Å²) in [4.78, 5) is 28.1. The zero-order chi connectivity index (χ0) is 19.6. The van der Waals surface area contributed by atoms with Gasteiger partial charge in [-0.25, -0.2) is 17.1 Å². The lowest BCUT2D eigenvalue weighted by Gasteiger charge is -2.41. The number of amides is 2. The van der Waals surface area contributed by atoms with E-state index in [0.29, 0.717) is 39.0 Å². The van der Waals surface area contributed by atoms with Gasteiger partial charge in [0.2, 0.25) is 10.0 Å². The van der Waals surface area contributed by atoms with E-state index in [1.54, 1.807) is 24.0 Å². The first-order valence-electron chi connectivity index (χ1n) is 9.14. The predicted octanol–water partition coefficient (Wildman–Crippen LogP) is 0.811. The fourth-order valence-corrected chi connectivity index (χ4v) is 4.75. The van der Waals surface area contributed by atoms with Crippen LogP contribution in [0.1, 0.15) is 25.3 Å². The maximum absolute atomic E-state index is 13.0. The quantitative estimate of drug-likeness (QED) is 0.689. The summed E-state index contributed by atoms with van der Waals surface area (Å²) in [5.74, 6) is -1.38. The molecule has 0 radical (unpaired) electrons. The molecule has 1 aromatic carbocycles. The van der Waals surface area contributed by atoms with Gasteiger partial charge in [-0.2, -0.15) is 0 Å². The molecule has 3 rings (SSSR count). The number of sulfonamides is 1. The van der Waals surface area contributed by atoms with Crippen LogP contribution in [0.3, 0.4) is 0 Å². The van der Waals surface area contributed by atoms with E-state index in [1.807, 2.05) is 0 Å². The molecule has 0 atom stereocenters. The summed E-state index contributed by atoms with van der Waals surface area (Å²) in [7, 11) is -3.22. The van der Waals surface area contributed by atoms with Crippen LogP contribution in [0.15, 0.2) is 24.3 Å². The predicted molar refractivity (Wildman–Crippen MR) is 97.6 cm³/mol. The average molecular weight is 397 g/mol. The van der Waals surface area contributed by atoms with Gasteiger partial charge in [-0.3, -0.25) is 9.59 Å². The Balaban J connectivity index is 1.59. The summed E-state index contributed by atoms with van der Waals surface area (Å²) in [5, 5.41) is 0. The number of benzene rings is 1. The Hall–Kier alpha value is -2.00. The third-order valence-corrected chi connectivity index (χ3v) is 7.13. The van der Waals surface area contributed by atoms with Crippen molar-refractivity contribution in [2.75, 3.05) is 31.9 Å². The number of piperidine rings is 1. The number of hydrogen-bond donors (Lipinski definition) is 0. The van der Waals surface area contributed by atoms with Crippen LogP contribution in [-0.2, 0) is 26.2 Å². The molecule has 27 heavy (non-hydrogen) atoms. The molecule has 2 amide bonds. The molecule has 7 nitrogen and oxygen atoms in total. The fraction of sp³-hybridized carbons (Fsp3) is 0.556. The monoisotopic (exact) mass is 397 g/mol. The molecule has 0 unspecified atom stereocenters. The van der Waals surface area contributed by atoms with Gasteiger partial charge in [0, 0.05) is 38.8 Å². The van der Waals surface area contributed by atoms with E-state index in [0.717, 1.165) is 5.56 Å². The number of halogens is 1. The summed E-state index contributed by atoms with van der Waals surface area (Å²) >= 11 is 0. The molecule has 0 spiro atoms. The molecule has 0 aromatic heterocycles. The van der Waals surface area contributed by atoms with Gasteiger partial charge in [-0.1, -0.05) is 12.1 Å². The SMILES string of the molecule is CCS(=O)(=O)N1CCC(N2CCN(Cc3ccc(F)cc3)C(=O)C2=O)CC1. The van der Waals surface area contributed by atoms with E-state index in [2.05, 4.69) is 0 Å². The van der Waals surface area contributed by atoms with Crippen LogP contribution in [0.5, 0.6) is 0 Å². The average Bonchev–Trinajstić information content (AvgIpc) is 2.67. The first-order valence-corrected chi connectivity index (χ1v) is 10.7. The van der Waals surface area contributed by atoms with Crippen LogP contribution in [-0.4, -0.2) is 72.3 Å². The number of piperazine rings is 1. The molecule has 1 aromatic rings. The van der Waals surface area contributed by atoms with Crippen molar-refractivity contribution in [2.45, 2.75) is 32.4 Å². The van der Waals surface area contributed by atoms with Crippen molar-refractivity contribution in [3.05, 3.63) is 35.6 Å². The summed E-state index contributed by atoms with van der Waals surface area (Å²) in [6.07, 6.45) is 1.08. The summed E-state index contributed by atoms with van der Waals surface area (Å²) in [5.41, 5.74) is 0.768. The van der Waals surface area contributed by atoms with Crippen LogP contribution >= 0.6 is 0 Å². The lowest BCUT2D eigenvalue weighted by atomic mass is 10.0. The second kappa shape index (κ2) is 7.93. The minimum Gasteiger partial charge on any atom is -0.330 e. The Morgan fingerprint density at radius 1 is 1.00 bits per heavy atom. The number of carbonyl (C=O) groups is 2. The molecule has 148 valence electrons. The van der Waals surface area contributed by atoms with Crippen LogP contribution in [0.4, 0.5) is 4.39 Å². The standard InChI is InChI=1S/C18H24FN3O4S/c1-2-27(25,26)21-9-7-16(8-10-21)22-12-11-20(17(23)18(22)24)13-14-3-5-15(19)6-4-14/h3-6,16H,2,7-13H2,1H3. The van der Waals surface area contributed by atoms with Crippen molar-refractivity contribution in [3.8, 4) is 0 Å². The maximum atomic E-state index is 13.0. The third kappa shape index (κ3) is 4.30. The highest BCUT2D eigenvalue weighted by Crippen LogP contribution is 2.22. The Bertz CT molecular complexity index is 804. The van der Waals surface area contributed by atoms with Crippen molar-refractivity contribution in [3.63, 3.8) is 0 Å². The lowest BCUT2D eigenvalue weighted by molar-refractivity contribution is -0.158. The molecule has 2 saturated heterocycles. The van der Waals surface area contributed by atoms with E-state index < -0.39 is 21.8 Å². The number of carbonyl (C=O) groups excluding carboxylic acids is 2. The third-order valence-electron chi connectivity index (χ3n) is 5.25. The van der Waals surface area contributed by atoms with Gasteiger partial charge in [-0.15, -0.1) is 0 Å². The van der Waals surface area contributed by atoms with Crippen LogP contribution in [0.2, 0.25) is 0 Å². The van der Waals surface area contributed by atoms with E-state index in [9.17, 15) is 22.4 Å². The van der Waals surface area contributed by atoms with Gasteiger partial charge in [-0.05, 0) is 37.5 Å². The highest BCUT2D eigenvalue weighted by Gasteiger charge is 2.38. The van der Waals surface area contributed by atoms with E-state index in [4.69, 9.17) is 0 Å². The van der Waals surface area contributed by atoms with E-state index in [1.165, 1.54) is 21.3 Å². The fourth-order valence-electron chi connectivity index (χ4n) is 3.61. The molecule has 9 heteroatoms. The Morgan fingerprint density at radius 2 is 1.63 bits per heavy atom. The van der Waals surface area contributed by atoms with Crippen LogP contribution in [0, 0.1) is 5.82 Å². The zero-order valence-corrected chi connectivity index (χ0v) is 16.1.